The second kappa shape index (κ2) is 6.03. The van der Waals surface area contributed by atoms with Crippen LogP contribution in [0.2, 0.25) is 0 Å². The first-order valence-corrected chi connectivity index (χ1v) is 6.94. The normalized spacial score (nSPS) is 12.4. The Hall–Kier alpha value is -1.60. The van der Waals surface area contributed by atoms with Crippen LogP contribution in [0.1, 0.15) is 40.8 Å². The summed E-state index contributed by atoms with van der Waals surface area (Å²) < 4.78 is 0. The van der Waals surface area contributed by atoms with Crippen molar-refractivity contribution >= 4 is 0 Å². The van der Waals surface area contributed by atoms with Gasteiger partial charge in [-0.3, -0.25) is 0 Å². The van der Waals surface area contributed by atoms with Crippen molar-refractivity contribution in [2.75, 3.05) is 0 Å². The van der Waals surface area contributed by atoms with E-state index in [4.69, 9.17) is 0 Å². The third-order valence-corrected chi connectivity index (χ3v) is 3.84. The minimum absolute atomic E-state index is 0.420. The molecule has 0 aliphatic heterocycles. The molecule has 1 N–H and O–H groups in total. The fourth-order valence-electron chi connectivity index (χ4n) is 2.66. The van der Waals surface area contributed by atoms with Gasteiger partial charge < -0.3 is 5.11 Å². The molecular formula is C18H22O. The highest BCUT2D eigenvalue weighted by molar-refractivity contribution is 5.36. The summed E-state index contributed by atoms with van der Waals surface area (Å²) in [7, 11) is 0. The highest BCUT2D eigenvalue weighted by atomic mass is 16.3. The number of aliphatic hydroxyl groups is 1. The molecule has 2 aromatic carbocycles. The van der Waals surface area contributed by atoms with Crippen LogP contribution < -0.4 is 0 Å². The Labute approximate surface area is 115 Å². The molecule has 1 atom stereocenters. The molecule has 100 valence electrons. The van der Waals surface area contributed by atoms with E-state index in [1.807, 2.05) is 18.2 Å². The Morgan fingerprint density at radius 3 is 2.21 bits per heavy atom. The van der Waals surface area contributed by atoms with Gasteiger partial charge in [0.25, 0.3) is 0 Å². The molecule has 0 heterocycles. The summed E-state index contributed by atoms with van der Waals surface area (Å²) in [6.45, 7) is 6.35. The van der Waals surface area contributed by atoms with Gasteiger partial charge in [-0.1, -0.05) is 49.4 Å². The number of rotatable bonds is 4. The van der Waals surface area contributed by atoms with Gasteiger partial charge >= 0.3 is 0 Å². The second-order valence-electron chi connectivity index (χ2n) is 5.14. The van der Waals surface area contributed by atoms with Crippen molar-refractivity contribution in [2.24, 2.45) is 0 Å². The van der Waals surface area contributed by atoms with E-state index in [9.17, 15) is 5.11 Å². The predicted molar refractivity (Wildman–Crippen MR) is 80.4 cm³/mol. The number of hydrogen-bond donors (Lipinski definition) is 1. The number of aliphatic hydroxyl groups excluding tert-OH is 1. The lowest BCUT2D eigenvalue weighted by Crippen LogP contribution is -2.07. The van der Waals surface area contributed by atoms with Gasteiger partial charge in [0.1, 0.15) is 0 Å². The molecule has 19 heavy (non-hydrogen) atoms. The highest BCUT2D eigenvalue weighted by Crippen LogP contribution is 2.25. The molecule has 1 unspecified atom stereocenters. The summed E-state index contributed by atoms with van der Waals surface area (Å²) in [5.74, 6) is 0. The van der Waals surface area contributed by atoms with Crippen LogP contribution in [0.3, 0.4) is 0 Å². The lowest BCUT2D eigenvalue weighted by atomic mass is 9.92. The first kappa shape index (κ1) is 13.8. The van der Waals surface area contributed by atoms with Crippen molar-refractivity contribution in [3.8, 4) is 0 Å². The topological polar surface area (TPSA) is 20.2 Å². The largest absolute Gasteiger partial charge is 0.388 e. The maximum Gasteiger partial charge on any atom is 0.0833 e. The quantitative estimate of drug-likeness (QED) is 0.869. The molecule has 1 heteroatoms. The Kier molecular flexibility index (Phi) is 4.39. The molecular weight excluding hydrogens is 232 g/mol. The summed E-state index contributed by atoms with van der Waals surface area (Å²) in [5, 5.41) is 10.5. The Bertz CT molecular complexity index is 537. The molecule has 0 saturated carbocycles. The molecule has 0 amide bonds. The SMILES string of the molecule is CCc1ccccc1C(O)Cc1c(C)cccc1C. The molecule has 0 aliphatic carbocycles. The van der Waals surface area contributed by atoms with Crippen molar-refractivity contribution in [3.63, 3.8) is 0 Å². The zero-order valence-electron chi connectivity index (χ0n) is 12.0. The highest BCUT2D eigenvalue weighted by Gasteiger charge is 2.14. The van der Waals surface area contributed by atoms with Gasteiger partial charge in [0.15, 0.2) is 0 Å². The van der Waals surface area contributed by atoms with E-state index in [0.717, 1.165) is 12.0 Å². The van der Waals surface area contributed by atoms with Gasteiger partial charge in [-0.05, 0) is 48.1 Å². The van der Waals surface area contributed by atoms with Crippen molar-refractivity contribution in [1.82, 2.24) is 0 Å². The lowest BCUT2D eigenvalue weighted by Gasteiger charge is -2.17. The maximum absolute atomic E-state index is 10.5. The van der Waals surface area contributed by atoms with Crippen LogP contribution >= 0.6 is 0 Å². The summed E-state index contributed by atoms with van der Waals surface area (Å²) in [4.78, 5) is 0. The second-order valence-corrected chi connectivity index (χ2v) is 5.14. The van der Waals surface area contributed by atoms with Gasteiger partial charge in [-0.25, -0.2) is 0 Å². The molecule has 0 radical (unpaired) electrons. The van der Waals surface area contributed by atoms with Crippen LogP contribution in [0.4, 0.5) is 0 Å². The summed E-state index contributed by atoms with van der Waals surface area (Å²) in [5.41, 5.74) is 6.08. The van der Waals surface area contributed by atoms with Crippen LogP contribution in [0.25, 0.3) is 0 Å². The van der Waals surface area contributed by atoms with E-state index in [1.54, 1.807) is 0 Å². The summed E-state index contributed by atoms with van der Waals surface area (Å²) in [6.07, 6.45) is 1.23. The Balaban J connectivity index is 2.28. The molecule has 0 aromatic heterocycles. The molecule has 2 aromatic rings. The van der Waals surface area contributed by atoms with E-state index >= 15 is 0 Å². The smallest absolute Gasteiger partial charge is 0.0833 e. The van der Waals surface area contributed by atoms with Crippen LogP contribution in [-0.4, -0.2) is 5.11 Å². The predicted octanol–water partition coefficient (Wildman–Crippen LogP) is 4.14. The van der Waals surface area contributed by atoms with E-state index in [2.05, 4.69) is 45.0 Å². The van der Waals surface area contributed by atoms with E-state index in [1.165, 1.54) is 22.3 Å². The molecule has 0 fully saturated rings. The molecule has 2 rings (SSSR count). The molecule has 1 nitrogen and oxygen atoms in total. The Morgan fingerprint density at radius 1 is 0.947 bits per heavy atom. The monoisotopic (exact) mass is 254 g/mol. The fourth-order valence-corrected chi connectivity index (χ4v) is 2.66. The van der Waals surface area contributed by atoms with Crippen molar-refractivity contribution < 1.29 is 5.11 Å². The van der Waals surface area contributed by atoms with E-state index < -0.39 is 6.10 Å². The Morgan fingerprint density at radius 2 is 1.58 bits per heavy atom. The molecule has 0 bridgehead atoms. The molecule has 0 saturated heterocycles. The third kappa shape index (κ3) is 3.05. The lowest BCUT2D eigenvalue weighted by molar-refractivity contribution is 0.177. The van der Waals surface area contributed by atoms with Gasteiger partial charge in [0.2, 0.25) is 0 Å². The van der Waals surface area contributed by atoms with Crippen LogP contribution in [0, 0.1) is 13.8 Å². The zero-order valence-corrected chi connectivity index (χ0v) is 12.0. The fraction of sp³-hybridized carbons (Fsp3) is 0.333. The average Bonchev–Trinajstić information content (AvgIpc) is 2.42. The number of aryl methyl sites for hydroxylation is 3. The standard InChI is InChI=1S/C18H22O/c1-4-15-10-5-6-11-16(15)18(19)12-17-13(2)8-7-9-14(17)3/h5-11,18-19H,4,12H2,1-3H3. The van der Waals surface area contributed by atoms with Crippen molar-refractivity contribution in [2.45, 2.75) is 39.7 Å². The average molecular weight is 254 g/mol. The van der Waals surface area contributed by atoms with Crippen molar-refractivity contribution in [3.05, 3.63) is 70.3 Å². The number of hydrogen-bond acceptors (Lipinski definition) is 1. The van der Waals surface area contributed by atoms with Crippen LogP contribution in [-0.2, 0) is 12.8 Å². The summed E-state index contributed by atoms with van der Waals surface area (Å²) in [6, 6.07) is 14.5. The van der Waals surface area contributed by atoms with Crippen LogP contribution in [0.15, 0.2) is 42.5 Å². The molecule has 0 aliphatic rings. The summed E-state index contributed by atoms with van der Waals surface area (Å²) >= 11 is 0. The maximum atomic E-state index is 10.5. The minimum Gasteiger partial charge on any atom is -0.388 e. The first-order chi connectivity index (χ1) is 9.13. The van der Waals surface area contributed by atoms with Crippen molar-refractivity contribution in [1.29, 1.82) is 0 Å². The minimum atomic E-state index is -0.420. The van der Waals surface area contributed by atoms with Gasteiger partial charge in [-0.2, -0.15) is 0 Å². The molecule has 0 spiro atoms. The van der Waals surface area contributed by atoms with Gasteiger partial charge in [0, 0.05) is 6.42 Å². The van der Waals surface area contributed by atoms with Crippen LogP contribution in [0.5, 0.6) is 0 Å². The number of benzene rings is 2. The third-order valence-electron chi connectivity index (χ3n) is 3.84. The van der Waals surface area contributed by atoms with E-state index in [0.29, 0.717) is 6.42 Å². The van der Waals surface area contributed by atoms with Gasteiger partial charge in [0.05, 0.1) is 6.10 Å². The van der Waals surface area contributed by atoms with Gasteiger partial charge in [-0.15, -0.1) is 0 Å². The van der Waals surface area contributed by atoms with E-state index in [-0.39, 0.29) is 0 Å². The first-order valence-electron chi connectivity index (χ1n) is 6.94. The zero-order chi connectivity index (χ0) is 13.8.